The Hall–Kier alpha value is -2.52. The van der Waals surface area contributed by atoms with Gasteiger partial charge in [-0.15, -0.1) is 0 Å². The molecule has 1 aliphatic heterocycles. The van der Waals surface area contributed by atoms with Crippen molar-refractivity contribution in [2.45, 2.75) is 97.4 Å². The van der Waals surface area contributed by atoms with Crippen molar-refractivity contribution in [1.29, 1.82) is 0 Å². The van der Waals surface area contributed by atoms with Gasteiger partial charge in [-0.2, -0.15) is 0 Å². The number of carboxylic acid groups (broad SMARTS) is 1. The van der Waals surface area contributed by atoms with Crippen LogP contribution in [0, 0.1) is 11.7 Å². The van der Waals surface area contributed by atoms with Crippen LogP contribution in [0.2, 0.25) is 0 Å². The topological polar surface area (TPSA) is 102 Å². The molecule has 1 heterocycles. The summed E-state index contributed by atoms with van der Waals surface area (Å²) in [6.45, 7) is 12.4. The number of benzene rings is 1. The molecule has 3 atom stereocenters. The predicted molar refractivity (Wildman–Crippen MR) is 127 cm³/mol. The summed E-state index contributed by atoms with van der Waals surface area (Å²) in [6, 6.07) is 3.83. The van der Waals surface area contributed by atoms with Crippen LogP contribution in [-0.4, -0.2) is 58.0 Å². The van der Waals surface area contributed by atoms with Gasteiger partial charge in [-0.25, -0.2) is 9.18 Å². The fraction of sp³-hybridized carbons (Fsp3) is 0.654. The number of hydrogen-bond acceptors (Lipinski definition) is 6. The summed E-state index contributed by atoms with van der Waals surface area (Å²) in [6.07, 6.45) is -0.0407. The standard InChI is InChI=1S/C26H38FNO7/c1-16(2)23(30)28(22(24(31)32)17-8-10-18(27)11-9-17)13-12-19-14-20(34-26(6,7)33-19)15-21(29)35-25(3,4)5/h8-11,16,19-20,22H,12-15H2,1-7H3,(H,31,32)/t19-,20-,22?/m0/s1. The number of carbonyl (C=O) groups is 3. The Kier molecular flexibility index (Phi) is 9.42. The molecule has 1 fully saturated rings. The van der Waals surface area contributed by atoms with Gasteiger partial charge in [0.1, 0.15) is 11.4 Å². The van der Waals surface area contributed by atoms with E-state index in [-0.39, 0.29) is 30.9 Å². The number of aliphatic carboxylic acids is 1. The number of esters is 1. The van der Waals surface area contributed by atoms with Crippen molar-refractivity contribution in [3.05, 3.63) is 35.6 Å². The minimum atomic E-state index is -1.27. The van der Waals surface area contributed by atoms with E-state index in [1.807, 2.05) is 0 Å². The molecule has 0 bridgehead atoms. The lowest BCUT2D eigenvalue weighted by Gasteiger charge is -2.41. The van der Waals surface area contributed by atoms with Crippen molar-refractivity contribution in [3.8, 4) is 0 Å². The number of ether oxygens (including phenoxy) is 3. The Morgan fingerprint density at radius 1 is 1.14 bits per heavy atom. The van der Waals surface area contributed by atoms with Crippen molar-refractivity contribution >= 4 is 17.8 Å². The lowest BCUT2D eigenvalue weighted by atomic mass is 10.00. The third kappa shape index (κ3) is 8.89. The summed E-state index contributed by atoms with van der Waals surface area (Å²) in [5, 5.41) is 9.96. The fourth-order valence-electron chi connectivity index (χ4n) is 4.17. The molecular formula is C26H38FNO7. The molecule has 1 aliphatic rings. The highest BCUT2D eigenvalue weighted by molar-refractivity contribution is 5.85. The van der Waals surface area contributed by atoms with E-state index < -0.39 is 41.2 Å². The van der Waals surface area contributed by atoms with Crippen LogP contribution >= 0.6 is 0 Å². The molecule has 0 saturated carbocycles. The van der Waals surface area contributed by atoms with E-state index in [0.717, 1.165) is 0 Å². The molecular weight excluding hydrogens is 457 g/mol. The quantitative estimate of drug-likeness (QED) is 0.504. The first kappa shape index (κ1) is 28.7. The summed E-state index contributed by atoms with van der Waals surface area (Å²) in [7, 11) is 0. The van der Waals surface area contributed by atoms with Crippen molar-refractivity contribution in [2.75, 3.05) is 6.54 Å². The second-order valence-corrected chi connectivity index (χ2v) is 10.7. The molecule has 0 radical (unpaired) electrons. The van der Waals surface area contributed by atoms with Crippen LogP contribution in [0.3, 0.4) is 0 Å². The Bertz CT molecular complexity index is 892. The molecule has 9 heteroatoms. The van der Waals surface area contributed by atoms with Gasteiger partial charge in [-0.3, -0.25) is 9.59 Å². The van der Waals surface area contributed by atoms with E-state index >= 15 is 0 Å². The summed E-state index contributed by atoms with van der Waals surface area (Å²) in [4.78, 5) is 38.9. The van der Waals surface area contributed by atoms with E-state index in [1.165, 1.54) is 29.2 Å². The number of carbonyl (C=O) groups excluding carboxylic acids is 2. The van der Waals surface area contributed by atoms with Crippen LogP contribution in [-0.2, 0) is 28.6 Å². The van der Waals surface area contributed by atoms with Crippen LogP contribution in [0.5, 0.6) is 0 Å². The van der Waals surface area contributed by atoms with E-state index in [1.54, 1.807) is 48.5 Å². The van der Waals surface area contributed by atoms with Crippen molar-refractivity contribution in [2.24, 2.45) is 5.92 Å². The average molecular weight is 496 g/mol. The van der Waals surface area contributed by atoms with Crippen molar-refractivity contribution in [3.63, 3.8) is 0 Å². The van der Waals surface area contributed by atoms with E-state index in [9.17, 15) is 23.9 Å². The van der Waals surface area contributed by atoms with E-state index in [0.29, 0.717) is 18.4 Å². The molecule has 8 nitrogen and oxygen atoms in total. The van der Waals surface area contributed by atoms with E-state index in [2.05, 4.69) is 0 Å². The molecule has 1 amide bonds. The first-order valence-corrected chi connectivity index (χ1v) is 11.9. The SMILES string of the molecule is CC(C)C(=O)N(CC[C@H]1C[C@@H](CC(=O)OC(C)(C)C)OC(C)(C)O1)C(C(=O)O)c1ccc(F)cc1. The minimum Gasteiger partial charge on any atom is -0.479 e. The zero-order valence-corrected chi connectivity index (χ0v) is 21.7. The monoisotopic (exact) mass is 495 g/mol. The molecule has 1 aromatic carbocycles. The Morgan fingerprint density at radius 3 is 2.23 bits per heavy atom. The van der Waals surface area contributed by atoms with Gasteiger partial charge in [-0.1, -0.05) is 26.0 Å². The number of halogens is 1. The van der Waals surface area contributed by atoms with Crippen LogP contribution < -0.4 is 0 Å². The molecule has 1 saturated heterocycles. The molecule has 1 N–H and O–H groups in total. The molecule has 196 valence electrons. The third-order valence-corrected chi connectivity index (χ3v) is 5.44. The third-order valence-electron chi connectivity index (χ3n) is 5.44. The normalized spacial score (nSPS) is 20.8. The van der Waals surface area contributed by atoms with Crippen molar-refractivity contribution < 1.29 is 38.1 Å². The smallest absolute Gasteiger partial charge is 0.331 e. The van der Waals surface area contributed by atoms with Crippen molar-refractivity contribution in [1.82, 2.24) is 4.90 Å². The van der Waals surface area contributed by atoms with Gasteiger partial charge in [0.25, 0.3) is 0 Å². The van der Waals surface area contributed by atoms with Crippen LogP contribution in [0.1, 0.15) is 79.3 Å². The summed E-state index contributed by atoms with van der Waals surface area (Å²) < 4.78 is 30.8. The molecule has 0 spiro atoms. The fourth-order valence-corrected chi connectivity index (χ4v) is 4.17. The molecule has 0 aliphatic carbocycles. The Balaban J connectivity index is 2.19. The first-order valence-electron chi connectivity index (χ1n) is 11.9. The minimum absolute atomic E-state index is 0.0581. The first-order chi connectivity index (χ1) is 16.1. The largest absolute Gasteiger partial charge is 0.479 e. The molecule has 35 heavy (non-hydrogen) atoms. The van der Waals surface area contributed by atoms with Crippen LogP contribution in [0.25, 0.3) is 0 Å². The number of nitrogens with zero attached hydrogens (tertiary/aromatic N) is 1. The lowest BCUT2D eigenvalue weighted by Crippen LogP contribution is -2.48. The van der Waals surface area contributed by atoms with E-state index in [4.69, 9.17) is 14.2 Å². The number of rotatable bonds is 9. The highest BCUT2D eigenvalue weighted by Crippen LogP contribution is 2.32. The second-order valence-electron chi connectivity index (χ2n) is 10.7. The maximum Gasteiger partial charge on any atom is 0.331 e. The van der Waals surface area contributed by atoms with Gasteiger partial charge in [0.15, 0.2) is 11.8 Å². The van der Waals surface area contributed by atoms with Crippen LogP contribution in [0.4, 0.5) is 4.39 Å². The maximum atomic E-state index is 13.4. The van der Waals surface area contributed by atoms with Gasteiger partial charge in [0, 0.05) is 18.9 Å². The molecule has 1 aromatic rings. The van der Waals surface area contributed by atoms with Gasteiger partial charge < -0.3 is 24.2 Å². The summed E-state index contributed by atoms with van der Waals surface area (Å²) in [5.74, 6) is -3.82. The van der Waals surface area contributed by atoms with Gasteiger partial charge in [-0.05, 0) is 58.7 Å². The van der Waals surface area contributed by atoms with Gasteiger partial charge in [0.05, 0.1) is 18.6 Å². The molecule has 0 aromatic heterocycles. The molecule has 2 rings (SSSR count). The summed E-state index contributed by atoms with van der Waals surface area (Å²) in [5.41, 5.74) is -0.301. The number of carboxylic acids is 1. The zero-order chi connectivity index (χ0) is 26.6. The summed E-state index contributed by atoms with van der Waals surface area (Å²) >= 11 is 0. The molecule has 1 unspecified atom stereocenters. The highest BCUT2D eigenvalue weighted by atomic mass is 19.1. The number of hydrogen-bond donors (Lipinski definition) is 1. The predicted octanol–water partition coefficient (Wildman–Crippen LogP) is 4.47. The Morgan fingerprint density at radius 2 is 1.71 bits per heavy atom. The maximum absolute atomic E-state index is 13.4. The second kappa shape index (κ2) is 11.5. The average Bonchev–Trinajstić information content (AvgIpc) is 2.68. The highest BCUT2D eigenvalue weighted by Gasteiger charge is 2.39. The van der Waals surface area contributed by atoms with Crippen LogP contribution in [0.15, 0.2) is 24.3 Å². The Labute approximate surface area is 206 Å². The lowest BCUT2D eigenvalue weighted by molar-refractivity contribution is -0.301. The van der Waals surface area contributed by atoms with Gasteiger partial charge >= 0.3 is 11.9 Å². The number of amides is 1. The van der Waals surface area contributed by atoms with Gasteiger partial charge in [0.2, 0.25) is 5.91 Å². The zero-order valence-electron chi connectivity index (χ0n) is 21.7.